The van der Waals surface area contributed by atoms with Crippen LogP contribution in [0.25, 0.3) is 0 Å². The predicted molar refractivity (Wildman–Crippen MR) is 72.0 cm³/mol. The van der Waals surface area contributed by atoms with Crippen molar-refractivity contribution in [1.82, 2.24) is 5.32 Å². The van der Waals surface area contributed by atoms with Crippen LogP contribution < -0.4 is 5.32 Å². The zero-order chi connectivity index (χ0) is 14.4. The molecule has 6 heteroatoms. The molecule has 19 heavy (non-hydrogen) atoms. The SMILES string of the molecule is CCOC(=O)CC(NC=O)c1cc(Br)cc(C)c1F. The third kappa shape index (κ3) is 4.31. The van der Waals surface area contributed by atoms with Crippen molar-refractivity contribution in [3.63, 3.8) is 0 Å². The Labute approximate surface area is 119 Å². The van der Waals surface area contributed by atoms with E-state index in [-0.39, 0.29) is 18.6 Å². The summed E-state index contributed by atoms with van der Waals surface area (Å²) in [6, 6.07) is 2.43. The number of rotatable bonds is 6. The number of ether oxygens (including phenoxy) is 1. The number of nitrogens with one attached hydrogen (secondary N) is 1. The number of hydrogen-bond acceptors (Lipinski definition) is 3. The molecule has 0 heterocycles. The van der Waals surface area contributed by atoms with Gasteiger partial charge < -0.3 is 10.1 Å². The summed E-state index contributed by atoms with van der Waals surface area (Å²) in [4.78, 5) is 22.1. The van der Waals surface area contributed by atoms with Crippen LogP contribution >= 0.6 is 15.9 Å². The summed E-state index contributed by atoms with van der Waals surface area (Å²) >= 11 is 3.26. The smallest absolute Gasteiger partial charge is 0.308 e. The lowest BCUT2D eigenvalue weighted by atomic mass is 10.0. The van der Waals surface area contributed by atoms with Crippen molar-refractivity contribution < 1.29 is 18.7 Å². The third-order valence-electron chi connectivity index (χ3n) is 2.57. The molecule has 0 aliphatic carbocycles. The van der Waals surface area contributed by atoms with Crippen molar-refractivity contribution in [2.45, 2.75) is 26.3 Å². The van der Waals surface area contributed by atoms with Gasteiger partial charge in [0.25, 0.3) is 0 Å². The van der Waals surface area contributed by atoms with Gasteiger partial charge in [0.05, 0.1) is 19.1 Å². The van der Waals surface area contributed by atoms with Crippen LogP contribution in [0, 0.1) is 12.7 Å². The van der Waals surface area contributed by atoms with Gasteiger partial charge in [-0.2, -0.15) is 0 Å². The van der Waals surface area contributed by atoms with E-state index in [0.29, 0.717) is 16.4 Å². The van der Waals surface area contributed by atoms with Crippen LogP contribution in [0.15, 0.2) is 16.6 Å². The van der Waals surface area contributed by atoms with E-state index in [9.17, 15) is 14.0 Å². The normalized spacial score (nSPS) is 11.8. The van der Waals surface area contributed by atoms with Gasteiger partial charge in [0.1, 0.15) is 5.82 Å². The highest BCUT2D eigenvalue weighted by Crippen LogP contribution is 2.26. The first kappa shape index (κ1) is 15.6. The summed E-state index contributed by atoms with van der Waals surface area (Å²) in [7, 11) is 0. The minimum Gasteiger partial charge on any atom is -0.466 e. The molecule has 1 aromatic rings. The Morgan fingerprint density at radius 1 is 1.58 bits per heavy atom. The number of esters is 1. The minimum absolute atomic E-state index is 0.112. The van der Waals surface area contributed by atoms with Crippen molar-refractivity contribution in [3.8, 4) is 0 Å². The molecular weight excluding hydrogens is 317 g/mol. The molecule has 0 spiro atoms. The van der Waals surface area contributed by atoms with E-state index in [1.807, 2.05) is 0 Å². The molecule has 0 saturated carbocycles. The maximum Gasteiger partial charge on any atom is 0.308 e. The van der Waals surface area contributed by atoms with Crippen LogP contribution in [0.1, 0.15) is 30.5 Å². The van der Waals surface area contributed by atoms with Gasteiger partial charge in [-0.25, -0.2) is 4.39 Å². The first-order chi connectivity index (χ1) is 8.99. The summed E-state index contributed by atoms with van der Waals surface area (Å²) < 4.78 is 19.6. The summed E-state index contributed by atoms with van der Waals surface area (Å²) in [6.45, 7) is 3.54. The molecular formula is C13H15BrFNO3. The molecule has 1 unspecified atom stereocenters. The van der Waals surface area contributed by atoms with Crippen molar-refractivity contribution in [2.75, 3.05) is 6.61 Å². The number of amides is 1. The van der Waals surface area contributed by atoms with E-state index in [1.165, 1.54) is 0 Å². The molecule has 0 fully saturated rings. The van der Waals surface area contributed by atoms with Gasteiger partial charge in [-0.3, -0.25) is 9.59 Å². The van der Waals surface area contributed by atoms with Crippen LogP contribution in [0.4, 0.5) is 4.39 Å². The number of halogens is 2. The molecule has 0 aromatic heterocycles. The van der Waals surface area contributed by atoms with Crippen molar-refractivity contribution >= 4 is 28.3 Å². The molecule has 0 aliphatic heterocycles. The van der Waals surface area contributed by atoms with Gasteiger partial charge in [-0.15, -0.1) is 0 Å². The molecule has 0 saturated heterocycles. The number of carbonyl (C=O) groups is 2. The average Bonchev–Trinajstić information content (AvgIpc) is 2.33. The summed E-state index contributed by atoms with van der Waals surface area (Å²) in [5, 5.41) is 2.44. The molecule has 4 nitrogen and oxygen atoms in total. The molecule has 1 rings (SSSR count). The number of benzene rings is 1. The highest BCUT2D eigenvalue weighted by molar-refractivity contribution is 9.10. The van der Waals surface area contributed by atoms with E-state index in [2.05, 4.69) is 21.2 Å². The van der Waals surface area contributed by atoms with Crippen molar-refractivity contribution in [1.29, 1.82) is 0 Å². The van der Waals surface area contributed by atoms with E-state index in [4.69, 9.17) is 4.74 Å². The lowest BCUT2D eigenvalue weighted by Gasteiger charge is -2.17. The summed E-state index contributed by atoms with van der Waals surface area (Å²) in [5.41, 5.74) is 0.693. The number of carbonyl (C=O) groups excluding carboxylic acids is 2. The fourth-order valence-electron chi connectivity index (χ4n) is 1.73. The first-order valence-electron chi connectivity index (χ1n) is 5.80. The maximum absolute atomic E-state index is 14.1. The molecule has 1 atom stereocenters. The van der Waals surface area contributed by atoms with E-state index >= 15 is 0 Å². The van der Waals surface area contributed by atoms with E-state index in [1.54, 1.807) is 26.0 Å². The van der Waals surface area contributed by atoms with Crippen LogP contribution in [-0.2, 0) is 14.3 Å². The molecule has 0 bridgehead atoms. The fraction of sp³-hybridized carbons (Fsp3) is 0.385. The zero-order valence-electron chi connectivity index (χ0n) is 10.7. The lowest BCUT2D eigenvalue weighted by Crippen LogP contribution is -2.24. The van der Waals surface area contributed by atoms with Crippen LogP contribution in [-0.4, -0.2) is 19.0 Å². The Kier molecular flexibility index (Phi) is 5.95. The molecule has 1 amide bonds. The minimum atomic E-state index is -0.743. The Morgan fingerprint density at radius 3 is 2.84 bits per heavy atom. The first-order valence-corrected chi connectivity index (χ1v) is 6.59. The zero-order valence-corrected chi connectivity index (χ0v) is 12.3. The maximum atomic E-state index is 14.1. The Bertz CT molecular complexity index is 479. The van der Waals surface area contributed by atoms with E-state index in [0.717, 1.165) is 0 Å². The fourth-order valence-corrected chi connectivity index (χ4v) is 2.32. The van der Waals surface area contributed by atoms with Gasteiger partial charge >= 0.3 is 5.97 Å². The number of aryl methyl sites for hydroxylation is 1. The lowest BCUT2D eigenvalue weighted by molar-refractivity contribution is -0.143. The standard InChI is InChI=1S/C13H15BrFNO3/c1-3-19-12(18)6-11(16-7-17)10-5-9(14)4-8(2)13(10)15/h4-5,7,11H,3,6H2,1-2H3,(H,16,17). The summed E-state index contributed by atoms with van der Waals surface area (Å²) in [6.07, 6.45) is 0.332. The average molecular weight is 332 g/mol. The molecule has 1 aromatic carbocycles. The third-order valence-corrected chi connectivity index (χ3v) is 3.03. The van der Waals surface area contributed by atoms with Gasteiger partial charge in [0.2, 0.25) is 6.41 Å². The van der Waals surface area contributed by atoms with Crippen LogP contribution in [0.5, 0.6) is 0 Å². The Balaban J connectivity index is 3.04. The Hall–Kier alpha value is -1.43. The number of hydrogen-bond donors (Lipinski definition) is 1. The largest absolute Gasteiger partial charge is 0.466 e. The predicted octanol–water partition coefficient (Wildman–Crippen LogP) is 2.64. The second kappa shape index (κ2) is 7.23. The van der Waals surface area contributed by atoms with Crippen LogP contribution in [0.2, 0.25) is 0 Å². The monoisotopic (exact) mass is 331 g/mol. The Morgan fingerprint density at radius 2 is 2.26 bits per heavy atom. The van der Waals surface area contributed by atoms with Crippen molar-refractivity contribution in [3.05, 3.63) is 33.5 Å². The van der Waals surface area contributed by atoms with Gasteiger partial charge in [0, 0.05) is 10.0 Å². The van der Waals surface area contributed by atoms with Crippen LogP contribution in [0.3, 0.4) is 0 Å². The molecule has 0 radical (unpaired) electrons. The van der Waals surface area contributed by atoms with Gasteiger partial charge in [0.15, 0.2) is 0 Å². The highest BCUT2D eigenvalue weighted by Gasteiger charge is 2.21. The molecule has 104 valence electrons. The molecule has 0 aliphatic rings. The van der Waals surface area contributed by atoms with Crippen molar-refractivity contribution in [2.24, 2.45) is 0 Å². The second-order valence-electron chi connectivity index (χ2n) is 3.97. The van der Waals surface area contributed by atoms with Gasteiger partial charge in [-0.1, -0.05) is 15.9 Å². The second-order valence-corrected chi connectivity index (χ2v) is 4.89. The van der Waals surface area contributed by atoms with E-state index < -0.39 is 17.8 Å². The molecule has 1 N–H and O–H groups in total. The topological polar surface area (TPSA) is 55.4 Å². The quantitative estimate of drug-likeness (QED) is 0.644. The van der Waals surface area contributed by atoms with Gasteiger partial charge in [-0.05, 0) is 31.5 Å². The summed E-state index contributed by atoms with van der Waals surface area (Å²) in [5.74, 6) is -0.925. The highest BCUT2D eigenvalue weighted by atomic mass is 79.9.